The Morgan fingerprint density at radius 1 is 1.21 bits per heavy atom. The van der Waals surface area contributed by atoms with Gasteiger partial charge in [-0.25, -0.2) is 4.79 Å². The molecule has 0 aromatic heterocycles. The van der Waals surface area contributed by atoms with Crippen molar-refractivity contribution in [1.29, 1.82) is 0 Å². The largest absolute Gasteiger partial charge is 0.467 e. The molecule has 2 rings (SSSR count). The van der Waals surface area contributed by atoms with Crippen molar-refractivity contribution in [1.82, 2.24) is 16.0 Å². The Kier molecular flexibility index (Phi) is 9.94. The van der Waals surface area contributed by atoms with Crippen molar-refractivity contribution in [2.75, 3.05) is 13.7 Å². The topological polar surface area (TPSA) is 114 Å². The fraction of sp³-hybridized carbons (Fsp3) is 0.500. The maximum Gasteiger partial charge on any atom is 0.328 e. The lowest BCUT2D eigenvalue weighted by Gasteiger charge is -2.27. The zero-order valence-corrected chi connectivity index (χ0v) is 21.3. The van der Waals surface area contributed by atoms with Gasteiger partial charge in [-0.1, -0.05) is 50.0 Å². The molecule has 1 aromatic rings. The van der Waals surface area contributed by atoms with Gasteiger partial charge < -0.3 is 20.7 Å². The molecular formula is C24H31Cl2N3O5. The van der Waals surface area contributed by atoms with Gasteiger partial charge in [-0.05, 0) is 48.4 Å². The number of methoxy groups -OCH3 is 1. The average Bonchev–Trinajstić information content (AvgIpc) is 3.15. The highest BCUT2D eigenvalue weighted by atomic mass is 35.5. The van der Waals surface area contributed by atoms with Crippen LogP contribution in [0, 0.1) is 11.3 Å². The highest BCUT2D eigenvalue weighted by Gasteiger charge is 2.34. The Labute approximate surface area is 209 Å². The zero-order valence-electron chi connectivity index (χ0n) is 19.7. The molecule has 34 heavy (non-hydrogen) atoms. The van der Waals surface area contributed by atoms with E-state index in [1.165, 1.54) is 19.3 Å². The summed E-state index contributed by atoms with van der Waals surface area (Å²) in [7, 11) is 1.22. The van der Waals surface area contributed by atoms with Gasteiger partial charge in [0, 0.05) is 28.6 Å². The SMILES string of the molecule is COC(=O)[C@H](C[C@@H]1CCNC1=O)NC(=O)[C@H](CC(C)(C)C)NC(=O)/C=C/c1ccc(Cl)cc1Cl. The molecule has 0 aliphatic carbocycles. The number of amides is 3. The summed E-state index contributed by atoms with van der Waals surface area (Å²) in [6, 6.07) is 2.97. The summed E-state index contributed by atoms with van der Waals surface area (Å²) in [6.45, 7) is 6.33. The molecule has 0 spiro atoms. The number of rotatable bonds is 9. The van der Waals surface area contributed by atoms with Crippen molar-refractivity contribution < 1.29 is 23.9 Å². The van der Waals surface area contributed by atoms with Gasteiger partial charge in [-0.2, -0.15) is 0 Å². The average molecular weight is 512 g/mol. The smallest absolute Gasteiger partial charge is 0.328 e. The van der Waals surface area contributed by atoms with Gasteiger partial charge in [0.25, 0.3) is 0 Å². The highest BCUT2D eigenvalue weighted by molar-refractivity contribution is 6.35. The second-order valence-electron chi connectivity index (χ2n) is 9.42. The molecule has 1 aliphatic rings. The van der Waals surface area contributed by atoms with Crippen LogP contribution in [0.15, 0.2) is 24.3 Å². The van der Waals surface area contributed by atoms with Gasteiger partial charge in [0.2, 0.25) is 17.7 Å². The van der Waals surface area contributed by atoms with Crippen molar-refractivity contribution >= 4 is 53.0 Å². The molecule has 0 unspecified atom stereocenters. The second-order valence-corrected chi connectivity index (χ2v) is 10.3. The maximum atomic E-state index is 13.1. The van der Waals surface area contributed by atoms with E-state index in [1.54, 1.807) is 18.2 Å². The lowest BCUT2D eigenvalue weighted by molar-refractivity contribution is -0.146. The lowest BCUT2D eigenvalue weighted by atomic mass is 9.87. The Morgan fingerprint density at radius 3 is 2.47 bits per heavy atom. The standard InChI is InChI=1S/C24H31Cl2N3O5/c1-24(2,3)13-19(28-20(30)8-6-14-5-7-16(25)12-17(14)26)22(32)29-18(23(33)34-4)11-15-9-10-27-21(15)31/h5-8,12,15,18-19H,9-11,13H2,1-4H3,(H,27,31)(H,28,30)(H,29,32)/b8-6+/t15-,18-,19-/m0/s1. The summed E-state index contributed by atoms with van der Waals surface area (Å²) in [4.78, 5) is 50.0. The summed E-state index contributed by atoms with van der Waals surface area (Å²) >= 11 is 12.0. The molecule has 1 saturated heterocycles. The Morgan fingerprint density at radius 2 is 1.91 bits per heavy atom. The van der Waals surface area contributed by atoms with Gasteiger partial charge in [0.1, 0.15) is 12.1 Å². The normalized spacial score (nSPS) is 17.7. The van der Waals surface area contributed by atoms with Crippen LogP contribution >= 0.6 is 23.2 Å². The monoisotopic (exact) mass is 511 g/mol. The van der Waals surface area contributed by atoms with E-state index < -0.39 is 35.8 Å². The first kappa shape index (κ1) is 27.7. The van der Waals surface area contributed by atoms with Crippen LogP contribution in [0.25, 0.3) is 6.08 Å². The van der Waals surface area contributed by atoms with Gasteiger partial charge in [-0.3, -0.25) is 14.4 Å². The molecule has 1 aliphatic heterocycles. The zero-order chi connectivity index (χ0) is 25.5. The molecular weight excluding hydrogens is 481 g/mol. The van der Waals surface area contributed by atoms with Crippen LogP contribution in [0.2, 0.25) is 10.0 Å². The van der Waals surface area contributed by atoms with E-state index in [1.807, 2.05) is 20.8 Å². The summed E-state index contributed by atoms with van der Waals surface area (Å²) in [5, 5.41) is 8.94. The van der Waals surface area contributed by atoms with Crippen LogP contribution in [-0.2, 0) is 23.9 Å². The van der Waals surface area contributed by atoms with E-state index in [9.17, 15) is 19.2 Å². The minimum atomic E-state index is -1.01. The minimum absolute atomic E-state index is 0.120. The predicted molar refractivity (Wildman–Crippen MR) is 131 cm³/mol. The van der Waals surface area contributed by atoms with Crippen LogP contribution in [0.4, 0.5) is 0 Å². The van der Waals surface area contributed by atoms with Gasteiger partial charge in [-0.15, -0.1) is 0 Å². The third kappa shape index (κ3) is 8.65. The third-order valence-electron chi connectivity index (χ3n) is 5.31. The highest BCUT2D eigenvalue weighted by Crippen LogP contribution is 2.23. The molecule has 3 amide bonds. The van der Waals surface area contributed by atoms with Crippen LogP contribution in [0.5, 0.6) is 0 Å². The first-order valence-corrected chi connectivity index (χ1v) is 11.7. The minimum Gasteiger partial charge on any atom is -0.467 e. The van der Waals surface area contributed by atoms with Gasteiger partial charge in [0.05, 0.1) is 7.11 Å². The van der Waals surface area contributed by atoms with E-state index in [-0.39, 0.29) is 17.7 Å². The van der Waals surface area contributed by atoms with E-state index in [4.69, 9.17) is 27.9 Å². The third-order valence-corrected chi connectivity index (χ3v) is 5.87. The van der Waals surface area contributed by atoms with Crippen LogP contribution < -0.4 is 16.0 Å². The number of nitrogens with one attached hydrogen (secondary N) is 3. The number of carbonyl (C=O) groups is 4. The van der Waals surface area contributed by atoms with E-state index >= 15 is 0 Å². The van der Waals surface area contributed by atoms with Crippen molar-refractivity contribution in [2.45, 2.75) is 52.1 Å². The van der Waals surface area contributed by atoms with E-state index in [0.717, 1.165) is 0 Å². The molecule has 8 nitrogen and oxygen atoms in total. The van der Waals surface area contributed by atoms with Crippen molar-refractivity contribution in [2.24, 2.45) is 11.3 Å². The number of hydrogen-bond donors (Lipinski definition) is 3. The number of hydrogen-bond acceptors (Lipinski definition) is 5. The van der Waals surface area contributed by atoms with Crippen LogP contribution in [-0.4, -0.2) is 49.4 Å². The molecule has 0 radical (unpaired) electrons. The summed E-state index contributed by atoms with van der Waals surface area (Å²) in [6.07, 6.45) is 3.81. The maximum absolute atomic E-state index is 13.1. The molecule has 10 heteroatoms. The van der Waals surface area contributed by atoms with E-state index in [2.05, 4.69) is 16.0 Å². The summed E-state index contributed by atoms with van der Waals surface area (Å²) in [5.74, 6) is -2.23. The van der Waals surface area contributed by atoms with Crippen LogP contribution in [0.3, 0.4) is 0 Å². The van der Waals surface area contributed by atoms with Crippen LogP contribution in [0.1, 0.15) is 45.6 Å². The number of carbonyl (C=O) groups excluding carboxylic acids is 4. The molecule has 3 atom stereocenters. The first-order valence-electron chi connectivity index (χ1n) is 11.0. The molecule has 0 saturated carbocycles. The molecule has 186 valence electrons. The molecule has 3 N–H and O–H groups in total. The Balaban J connectivity index is 2.13. The summed E-state index contributed by atoms with van der Waals surface area (Å²) < 4.78 is 4.82. The second kappa shape index (κ2) is 12.2. The molecule has 0 bridgehead atoms. The number of halogens is 2. The van der Waals surface area contributed by atoms with Gasteiger partial charge in [0.15, 0.2) is 0 Å². The predicted octanol–water partition coefficient (Wildman–Crippen LogP) is 3.11. The first-order chi connectivity index (χ1) is 15.9. The quantitative estimate of drug-likeness (QED) is 0.348. The Hall–Kier alpha value is -2.58. The lowest BCUT2D eigenvalue weighted by Crippen LogP contribution is -2.53. The van der Waals surface area contributed by atoms with Crippen molar-refractivity contribution in [3.05, 3.63) is 39.9 Å². The van der Waals surface area contributed by atoms with E-state index in [0.29, 0.717) is 35.0 Å². The van der Waals surface area contributed by atoms with Crippen molar-refractivity contribution in [3.8, 4) is 0 Å². The number of esters is 1. The Bertz CT molecular complexity index is 958. The van der Waals surface area contributed by atoms with Crippen molar-refractivity contribution in [3.63, 3.8) is 0 Å². The van der Waals surface area contributed by atoms with Gasteiger partial charge >= 0.3 is 5.97 Å². The number of ether oxygens (including phenoxy) is 1. The number of benzene rings is 1. The fourth-order valence-electron chi connectivity index (χ4n) is 3.63. The molecule has 1 fully saturated rings. The fourth-order valence-corrected chi connectivity index (χ4v) is 4.10. The summed E-state index contributed by atoms with van der Waals surface area (Å²) in [5.41, 5.74) is 0.295. The molecule has 1 aromatic carbocycles. The molecule has 1 heterocycles.